The van der Waals surface area contributed by atoms with Gasteiger partial charge in [0.05, 0.1) is 6.10 Å². The highest BCUT2D eigenvalue weighted by molar-refractivity contribution is 5.26. The molecule has 0 aromatic carbocycles. The van der Waals surface area contributed by atoms with Crippen molar-refractivity contribution in [1.29, 1.82) is 0 Å². The van der Waals surface area contributed by atoms with Gasteiger partial charge in [0.15, 0.2) is 0 Å². The van der Waals surface area contributed by atoms with Crippen molar-refractivity contribution in [3.05, 3.63) is 23.8 Å². The molecular weight excluding hydrogens is 210 g/mol. The Morgan fingerprint density at radius 2 is 2.12 bits per heavy atom. The van der Waals surface area contributed by atoms with E-state index < -0.39 is 0 Å². The molecule has 1 N–H and O–H groups in total. The molecule has 0 spiro atoms. The maximum Gasteiger partial charge on any atom is 0.0786 e. The van der Waals surface area contributed by atoms with Gasteiger partial charge < -0.3 is 10.0 Å². The molecule has 2 heteroatoms. The first kappa shape index (κ1) is 14.5. The second kappa shape index (κ2) is 6.97. The third-order valence-corrected chi connectivity index (χ3v) is 3.62. The highest BCUT2D eigenvalue weighted by atomic mass is 16.3. The molecule has 3 atom stereocenters. The Balaban J connectivity index is 2.46. The van der Waals surface area contributed by atoms with Crippen LogP contribution < -0.4 is 0 Å². The molecule has 0 aliphatic heterocycles. The van der Waals surface area contributed by atoms with Gasteiger partial charge in [0.25, 0.3) is 0 Å². The molecule has 0 heterocycles. The zero-order chi connectivity index (χ0) is 12.8. The smallest absolute Gasteiger partial charge is 0.0786 e. The molecule has 0 aromatic heterocycles. The van der Waals surface area contributed by atoms with E-state index in [-0.39, 0.29) is 12.0 Å². The molecule has 0 radical (unpaired) electrons. The van der Waals surface area contributed by atoms with Crippen LogP contribution in [0.15, 0.2) is 23.8 Å². The van der Waals surface area contributed by atoms with Crippen LogP contribution in [0.4, 0.5) is 0 Å². The molecule has 98 valence electrons. The molecule has 0 saturated carbocycles. The summed E-state index contributed by atoms with van der Waals surface area (Å²) >= 11 is 0. The number of allylic oxidation sites excluding steroid dienone is 2. The third kappa shape index (κ3) is 5.05. The third-order valence-electron chi connectivity index (χ3n) is 3.62. The van der Waals surface area contributed by atoms with E-state index in [2.05, 4.69) is 45.0 Å². The quantitative estimate of drug-likeness (QED) is 0.768. The Bertz CT molecular complexity index is 281. The second-order valence-electron chi connectivity index (χ2n) is 5.52. The fourth-order valence-corrected chi connectivity index (χ4v) is 2.18. The molecule has 17 heavy (non-hydrogen) atoms. The topological polar surface area (TPSA) is 23.5 Å². The van der Waals surface area contributed by atoms with Gasteiger partial charge in [-0.05, 0) is 45.0 Å². The number of rotatable bonds is 6. The van der Waals surface area contributed by atoms with Gasteiger partial charge in [-0.25, -0.2) is 0 Å². The summed E-state index contributed by atoms with van der Waals surface area (Å²) in [5.41, 5.74) is 1.31. The van der Waals surface area contributed by atoms with E-state index in [1.54, 1.807) is 0 Å². The first-order valence-electron chi connectivity index (χ1n) is 6.74. The van der Waals surface area contributed by atoms with E-state index in [9.17, 15) is 5.11 Å². The summed E-state index contributed by atoms with van der Waals surface area (Å²) < 4.78 is 0. The molecule has 0 amide bonds. The largest absolute Gasteiger partial charge is 0.388 e. The summed E-state index contributed by atoms with van der Waals surface area (Å²) in [5.74, 6) is 0.995. The molecule has 0 fully saturated rings. The van der Waals surface area contributed by atoms with Crippen LogP contribution in [0.5, 0.6) is 0 Å². The van der Waals surface area contributed by atoms with Crippen molar-refractivity contribution in [3.63, 3.8) is 0 Å². The predicted molar refractivity (Wildman–Crippen MR) is 74.0 cm³/mol. The van der Waals surface area contributed by atoms with E-state index >= 15 is 0 Å². The standard InChI is InChI=1S/C15H27NO/c1-5-13(8-9-16(3)4)10-14-7-6-12(2)15(17)11-14/h6-7,11-13,15,17H,5,8-10H2,1-4H3. The first-order valence-corrected chi connectivity index (χ1v) is 6.74. The lowest BCUT2D eigenvalue weighted by Gasteiger charge is -2.22. The van der Waals surface area contributed by atoms with Crippen molar-refractivity contribution in [3.8, 4) is 0 Å². The van der Waals surface area contributed by atoms with E-state index in [0.717, 1.165) is 18.9 Å². The molecule has 1 aliphatic carbocycles. The van der Waals surface area contributed by atoms with Gasteiger partial charge in [-0.3, -0.25) is 0 Å². The van der Waals surface area contributed by atoms with E-state index in [0.29, 0.717) is 0 Å². The maximum absolute atomic E-state index is 9.82. The fourth-order valence-electron chi connectivity index (χ4n) is 2.18. The van der Waals surface area contributed by atoms with Crippen LogP contribution >= 0.6 is 0 Å². The van der Waals surface area contributed by atoms with Crippen LogP contribution in [0.25, 0.3) is 0 Å². The maximum atomic E-state index is 9.82. The van der Waals surface area contributed by atoms with Crippen molar-refractivity contribution >= 4 is 0 Å². The molecule has 0 aromatic rings. The minimum absolute atomic E-state index is 0.264. The molecule has 3 unspecified atom stereocenters. The summed E-state index contributed by atoms with van der Waals surface area (Å²) in [6.07, 6.45) is 9.61. The van der Waals surface area contributed by atoms with Crippen LogP contribution in [0, 0.1) is 11.8 Å². The van der Waals surface area contributed by atoms with Crippen LogP contribution in [0.2, 0.25) is 0 Å². The van der Waals surface area contributed by atoms with Crippen LogP contribution in [0.1, 0.15) is 33.1 Å². The Kier molecular flexibility index (Phi) is 5.93. The normalized spacial score (nSPS) is 26.1. The molecule has 0 saturated heterocycles. The fraction of sp³-hybridized carbons (Fsp3) is 0.733. The van der Waals surface area contributed by atoms with Crippen molar-refractivity contribution < 1.29 is 5.11 Å². The number of aliphatic hydroxyl groups excluding tert-OH is 1. The van der Waals surface area contributed by atoms with Crippen molar-refractivity contribution in [2.45, 2.75) is 39.2 Å². The molecule has 1 aliphatic rings. The second-order valence-corrected chi connectivity index (χ2v) is 5.52. The molecular formula is C15H27NO. The number of hydrogen-bond donors (Lipinski definition) is 1. The van der Waals surface area contributed by atoms with Gasteiger partial charge in [-0.1, -0.05) is 38.5 Å². The monoisotopic (exact) mass is 237 g/mol. The Morgan fingerprint density at radius 3 is 2.65 bits per heavy atom. The zero-order valence-electron chi connectivity index (χ0n) is 11.7. The number of hydrogen-bond acceptors (Lipinski definition) is 2. The lowest BCUT2D eigenvalue weighted by Crippen LogP contribution is -2.19. The Hall–Kier alpha value is -0.600. The lowest BCUT2D eigenvalue weighted by atomic mass is 9.88. The summed E-state index contributed by atoms with van der Waals surface area (Å²) in [5, 5.41) is 9.82. The van der Waals surface area contributed by atoms with E-state index in [1.807, 2.05) is 6.08 Å². The average molecular weight is 237 g/mol. The van der Waals surface area contributed by atoms with Gasteiger partial charge in [0.2, 0.25) is 0 Å². The Labute approximate surface area is 106 Å². The Morgan fingerprint density at radius 1 is 1.41 bits per heavy atom. The van der Waals surface area contributed by atoms with Gasteiger partial charge >= 0.3 is 0 Å². The highest BCUT2D eigenvalue weighted by Gasteiger charge is 2.16. The molecule has 2 nitrogen and oxygen atoms in total. The van der Waals surface area contributed by atoms with Gasteiger partial charge in [0.1, 0.15) is 0 Å². The van der Waals surface area contributed by atoms with Crippen LogP contribution in [-0.4, -0.2) is 36.8 Å². The van der Waals surface area contributed by atoms with Gasteiger partial charge in [-0.15, -0.1) is 0 Å². The predicted octanol–water partition coefficient (Wildman–Crippen LogP) is 2.85. The number of aliphatic hydroxyl groups is 1. The summed E-state index contributed by atoms with van der Waals surface area (Å²) in [4.78, 5) is 2.24. The molecule has 1 rings (SSSR count). The first-order chi connectivity index (χ1) is 8.02. The lowest BCUT2D eigenvalue weighted by molar-refractivity contribution is 0.182. The highest BCUT2D eigenvalue weighted by Crippen LogP contribution is 2.25. The van der Waals surface area contributed by atoms with Crippen molar-refractivity contribution in [2.24, 2.45) is 11.8 Å². The minimum atomic E-state index is -0.290. The molecule has 0 bridgehead atoms. The average Bonchev–Trinajstić information content (AvgIpc) is 2.28. The zero-order valence-corrected chi connectivity index (χ0v) is 11.7. The SMILES string of the molecule is CCC(CCN(C)C)CC1=CC(O)C(C)C=C1. The van der Waals surface area contributed by atoms with E-state index in [1.165, 1.54) is 18.4 Å². The van der Waals surface area contributed by atoms with Crippen molar-refractivity contribution in [2.75, 3.05) is 20.6 Å². The van der Waals surface area contributed by atoms with E-state index in [4.69, 9.17) is 0 Å². The minimum Gasteiger partial charge on any atom is -0.388 e. The van der Waals surface area contributed by atoms with Crippen LogP contribution in [-0.2, 0) is 0 Å². The summed E-state index contributed by atoms with van der Waals surface area (Å²) in [6, 6.07) is 0. The number of nitrogens with zero attached hydrogens (tertiary/aromatic N) is 1. The van der Waals surface area contributed by atoms with Crippen molar-refractivity contribution in [1.82, 2.24) is 4.90 Å². The summed E-state index contributed by atoms with van der Waals surface area (Å²) in [7, 11) is 4.25. The summed E-state index contributed by atoms with van der Waals surface area (Å²) in [6.45, 7) is 5.46. The van der Waals surface area contributed by atoms with Crippen LogP contribution in [0.3, 0.4) is 0 Å². The van der Waals surface area contributed by atoms with Gasteiger partial charge in [0, 0.05) is 5.92 Å². The van der Waals surface area contributed by atoms with Gasteiger partial charge in [-0.2, -0.15) is 0 Å².